The SMILES string of the molecule is O=C1Nc2ccc(Br)cc2C1=NN=C1SCC(=O)N1c1cccc(C(F)(F)F)c1. The Hall–Kier alpha value is -2.66. The Morgan fingerprint density at radius 3 is 2.66 bits per heavy atom. The van der Waals surface area contributed by atoms with Crippen LogP contribution >= 0.6 is 27.7 Å². The van der Waals surface area contributed by atoms with Crippen LogP contribution < -0.4 is 10.2 Å². The number of nitrogens with zero attached hydrogens (tertiary/aromatic N) is 3. The molecule has 4 rings (SSSR count). The summed E-state index contributed by atoms with van der Waals surface area (Å²) >= 11 is 4.35. The van der Waals surface area contributed by atoms with Crippen molar-refractivity contribution in [1.82, 2.24) is 0 Å². The highest BCUT2D eigenvalue weighted by molar-refractivity contribution is 9.10. The summed E-state index contributed by atoms with van der Waals surface area (Å²) in [4.78, 5) is 25.5. The largest absolute Gasteiger partial charge is 0.416 e. The van der Waals surface area contributed by atoms with Crippen LogP contribution in [-0.4, -0.2) is 28.4 Å². The third kappa shape index (κ3) is 3.79. The number of alkyl halides is 3. The van der Waals surface area contributed by atoms with Gasteiger partial charge in [-0.2, -0.15) is 13.2 Å². The molecule has 2 aliphatic heterocycles. The molecule has 148 valence electrons. The lowest BCUT2D eigenvalue weighted by molar-refractivity contribution is -0.137. The van der Waals surface area contributed by atoms with E-state index in [1.807, 2.05) is 0 Å². The molecule has 1 N–H and O–H groups in total. The fourth-order valence-corrected chi connectivity index (χ4v) is 4.01. The molecule has 0 saturated carbocycles. The fraction of sp³-hybridized carbons (Fsp3) is 0.111. The van der Waals surface area contributed by atoms with E-state index in [0.29, 0.717) is 11.3 Å². The number of fused-ring (bicyclic) bond motifs is 1. The molecule has 1 saturated heterocycles. The molecular formula is C18H10BrF3N4O2S. The maximum Gasteiger partial charge on any atom is 0.416 e. The van der Waals surface area contributed by atoms with Gasteiger partial charge in [-0.15, -0.1) is 10.2 Å². The van der Waals surface area contributed by atoms with E-state index in [-0.39, 0.29) is 22.3 Å². The molecule has 2 aliphatic rings. The molecule has 0 aliphatic carbocycles. The van der Waals surface area contributed by atoms with Crippen LogP contribution in [0.15, 0.2) is 57.1 Å². The lowest BCUT2D eigenvalue weighted by Gasteiger charge is -2.17. The minimum Gasteiger partial charge on any atom is -0.320 e. The maximum atomic E-state index is 13.0. The molecule has 6 nitrogen and oxygen atoms in total. The highest BCUT2D eigenvalue weighted by Crippen LogP contribution is 2.34. The van der Waals surface area contributed by atoms with Crippen LogP contribution in [0.4, 0.5) is 24.5 Å². The summed E-state index contributed by atoms with van der Waals surface area (Å²) in [7, 11) is 0. The van der Waals surface area contributed by atoms with Crippen molar-refractivity contribution in [3.63, 3.8) is 0 Å². The van der Waals surface area contributed by atoms with Gasteiger partial charge < -0.3 is 5.32 Å². The van der Waals surface area contributed by atoms with Crippen molar-refractivity contribution in [3.8, 4) is 0 Å². The average molecular weight is 483 g/mol. The van der Waals surface area contributed by atoms with E-state index in [1.165, 1.54) is 12.1 Å². The Kier molecular flexibility index (Phi) is 4.95. The number of carbonyl (C=O) groups excluding carboxylic acids is 2. The van der Waals surface area contributed by atoms with Crippen molar-refractivity contribution in [2.75, 3.05) is 16.0 Å². The van der Waals surface area contributed by atoms with Gasteiger partial charge in [-0.3, -0.25) is 14.5 Å². The Labute approximate surface area is 175 Å². The molecule has 29 heavy (non-hydrogen) atoms. The van der Waals surface area contributed by atoms with Crippen molar-refractivity contribution in [1.29, 1.82) is 0 Å². The van der Waals surface area contributed by atoms with Gasteiger partial charge in [0.25, 0.3) is 5.91 Å². The lowest BCUT2D eigenvalue weighted by atomic mass is 10.1. The quantitative estimate of drug-likeness (QED) is 0.649. The standard InChI is InChI=1S/C18H10BrF3N4O2S/c19-10-4-5-13-12(7-10)15(16(28)23-13)24-25-17-26(14(27)8-29-17)11-3-1-2-9(6-11)18(20,21)22/h1-7H,8H2,(H,23,24,28). The minimum absolute atomic E-state index is 0.00820. The summed E-state index contributed by atoms with van der Waals surface area (Å²) in [5.74, 6) is -0.872. The third-order valence-corrected chi connectivity index (χ3v) is 5.54. The number of hydrogen-bond acceptors (Lipinski definition) is 5. The summed E-state index contributed by atoms with van der Waals surface area (Å²) < 4.78 is 39.8. The van der Waals surface area contributed by atoms with E-state index < -0.39 is 23.6 Å². The number of hydrogen-bond donors (Lipinski definition) is 1. The number of nitrogens with one attached hydrogen (secondary N) is 1. The smallest absolute Gasteiger partial charge is 0.320 e. The third-order valence-electron chi connectivity index (χ3n) is 4.13. The van der Waals surface area contributed by atoms with Crippen molar-refractivity contribution in [2.45, 2.75) is 6.18 Å². The topological polar surface area (TPSA) is 74.1 Å². The van der Waals surface area contributed by atoms with E-state index in [1.54, 1.807) is 18.2 Å². The Morgan fingerprint density at radius 2 is 1.90 bits per heavy atom. The molecule has 2 amide bonds. The average Bonchev–Trinajstić information content (AvgIpc) is 3.18. The van der Waals surface area contributed by atoms with Crippen LogP contribution in [0, 0.1) is 0 Å². The number of carbonyl (C=O) groups is 2. The zero-order valence-electron chi connectivity index (χ0n) is 14.3. The molecular weight excluding hydrogens is 473 g/mol. The van der Waals surface area contributed by atoms with E-state index in [0.717, 1.165) is 33.3 Å². The molecule has 11 heteroatoms. The van der Waals surface area contributed by atoms with Gasteiger partial charge in [-0.05, 0) is 36.4 Å². The minimum atomic E-state index is -4.54. The Bertz CT molecular complexity index is 1100. The van der Waals surface area contributed by atoms with Crippen molar-refractivity contribution in [2.24, 2.45) is 10.2 Å². The number of thioether (sulfide) groups is 1. The first-order valence-corrected chi connectivity index (χ1v) is 9.92. The van der Waals surface area contributed by atoms with E-state index in [2.05, 4.69) is 31.4 Å². The number of halogens is 4. The van der Waals surface area contributed by atoms with Crippen LogP contribution in [0.5, 0.6) is 0 Å². The molecule has 0 aromatic heterocycles. The zero-order valence-corrected chi connectivity index (χ0v) is 16.7. The Balaban J connectivity index is 1.71. The molecule has 1 fully saturated rings. The lowest BCUT2D eigenvalue weighted by Crippen LogP contribution is -2.29. The normalized spacial score (nSPS) is 19.2. The van der Waals surface area contributed by atoms with E-state index in [4.69, 9.17) is 0 Å². The van der Waals surface area contributed by atoms with Gasteiger partial charge in [0.2, 0.25) is 5.91 Å². The second kappa shape index (κ2) is 7.30. The highest BCUT2D eigenvalue weighted by atomic mass is 79.9. The van der Waals surface area contributed by atoms with Gasteiger partial charge in [0.15, 0.2) is 10.9 Å². The van der Waals surface area contributed by atoms with Gasteiger partial charge >= 0.3 is 6.18 Å². The molecule has 0 atom stereocenters. The van der Waals surface area contributed by atoms with Crippen LogP contribution in [0.3, 0.4) is 0 Å². The van der Waals surface area contributed by atoms with E-state index in [9.17, 15) is 22.8 Å². The predicted molar refractivity (Wildman–Crippen MR) is 108 cm³/mol. The van der Waals surface area contributed by atoms with Crippen LogP contribution in [-0.2, 0) is 15.8 Å². The number of benzene rings is 2. The Morgan fingerprint density at radius 1 is 1.10 bits per heavy atom. The molecule has 0 spiro atoms. The van der Waals surface area contributed by atoms with Crippen molar-refractivity contribution >= 4 is 61.8 Å². The predicted octanol–water partition coefficient (Wildman–Crippen LogP) is 4.26. The molecule has 0 unspecified atom stereocenters. The van der Waals surface area contributed by atoms with Gasteiger partial charge in [-0.1, -0.05) is 33.8 Å². The van der Waals surface area contributed by atoms with Crippen LogP contribution in [0.2, 0.25) is 0 Å². The highest BCUT2D eigenvalue weighted by Gasteiger charge is 2.34. The van der Waals surface area contributed by atoms with Crippen molar-refractivity contribution < 1.29 is 22.8 Å². The summed E-state index contributed by atoms with van der Waals surface area (Å²) in [6.45, 7) is 0. The monoisotopic (exact) mass is 482 g/mol. The number of anilines is 2. The number of amidine groups is 1. The number of amides is 2. The van der Waals surface area contributed by atoms with Gasteiger partial charge in [0.05, 0.1) is 22.7 Å². The summed E-state index contributed by atoms with van der Waals surface area (Å²) in [6, 6.07) is 9.56. The summed E-state index contributed by atoms with van der Waals surface area (Å²) in [5.41, 5.74) is 0.320. The maximum absolute atomic E-state index is 13.0. The van der Waals surface area contributed by atoms with Gasteiger partial charge in [-0.25, -0.2) is 0 Å². The molecule has 2 aromatic carbocycles. The molecule has 2 heterocycles. The zero-order chi connectivity index (χ0) is 20.8. The van der Waals surface area contributed by atoms with E-state index >= 15 is 0 Å². The molecule has 2 aromatic rings. The first-order chi connectivity index (χ1) is 13.7. The van der Waals surface area contributed by atoms with Crippen molar-refractivity contribution in [3.05, 3.63) is 58.1 Å². The van der Waals surface area contributed by atoms with Crippen LogP contribution in [0.25, 0.3) is 0 Å². The first kappa shape index (κ1) is 19.6. The second-order valence-corrected chi connectivity index (χ2v) is 7.90. The van der Waals surface area contributed by atoms with Crippen LogP contribution in [0.1, 0.15) is 11.1 Å². The molecule has 0 bridgehead atoms. The summed E-state index contributed by atoms with van der Waals surface area (Å²) in [5, 5.41) is 10.7. The second-order valence-electron chi connectivity index (χ2n) is 6.04. The fourth-order valence-electron chi connectivity index (χ4n) is 2.83. The van der Waals surface area contributed by atoms with Gasteiger partial charge in [0.1, 0.15) is 0 Å². The summed E-state index contributed by atoms with van der Waals surface area (Å²) in [6.07, 6.45) is -4.54. The first-order valence-electron chi connectivity index (χ1n) is 8.14. The molecule has 0 radical (unpaired) electrons. The number of rotatable bonds is 2. The van der Waals surface area contributed by atoms with Gasteiger partial charge in [0, 0.05) is 10.0 Å².